The standard InChI is InChI=1S/C17H23NO3/c1-13-9-14-5-2-3-6-15(14)18(10-13)11-17(16(19)20)7-4-8-21-12-17/h2-3,5-6,13H,4,7-12H2,1H3,(H,19,20). The normalized spacial score (nSPS) is 29.0. The van der Waals surface area contributed by atoms with Crippen LogP contribution in [0.1, 0.15) is 25.3 Å². The lowest BCUT2D eigenvalue weighted by atomic mass is 9.81. The van der Waals surface area contributed by atoms with E-state index >= 15 is 0 Å². The summed E-state index contributed by atoms with van der Waals surface area (Å²) in [6.45, 7) is 4.71. The van der Waals surface area contributed by atoms with Crippen molar-refractivity contribution in [2.24, 2.45) is 11.3 Å². The zero-order chi connectivity index (χ0) is 14.9. The maximum atomic E-state index is 11.8. The molecule has 2 aliphatic heterocycles. The van der Waals surface area contributed by atoms with Crippen LogP contribution in [0.25, 0.3) is 0 Å². The molecule has 1 aromatic rings. The van der Waals surface area contributed by atoms with Gasteiger partial charge < -0.3 is 14.7 Å². The molecule has 0 aliphatic carbocycles. The van der Waals surface area contributed by atoms with Gasteiger partial charge in [0, 0.05) is 25.4 Å². The van der Waals surface area contributed by atoms with Crippen molar-refractivity contribution in [1.82, 2.24) is 0 Å². The number of carboxylic acids is 1. The molecule has 0 aromatic heterocycles. The fourth-order valence-corrected chi connectivity index (χ4v) is 3.63. The third kappa shape index (κ3) is 2.77. The van der Waals surface area contributed by atoms with Crippen molar-refractivity contribution < 1.29 is 14.6 Å². The Morgan fingerprint density at radius 2 is 2.29 bits per heavy atom. The van der Waals surface area contributed by atoms with Gasteiger partial charge >= 0.3 is 5.97 Å². The molecule has 114 valence electrons. The summed E-state index contributed by atoms with van der Waals surface area (Å²) in [4.78, 5) is 14.1. The first-order chi connectivity index (χ1) is 10.1. The van der Waals surface area contributed by atoms with Crippen molar-refractivity contribution in [3.63, 3.8) is 0 Å². The molecule has 1 fully saturated rings. The van der Waals surface area contributed by atoms with Crippen LogP contribution < -0.4 is 4.90 Å². The van der Waals surface area contributed by atoms with Crippen molar-refractivity contribution in [3.05, 3.63) is 29.8 Å². The number of hydrogen-bond donors (Lipinski definition) is 1. The Hall–Kier alpha value is -1.55. The Labute approximate surface area is 125 Å². The minimum absolute atomic E-state index is 0.329. The van der Waals surface area contributed by atoms with Crippen LogP contribution in [0.15, 0.2) is 24.3 Å². The Morgan fingerprint density at radius 1 is 1.48 bits per heavy atom. The average molecular weight is 289 g/mol. The molecular weight excluding hydrogens is 266 g/mol. The van der Waals surface area contributed by atoms with Gasteiger partial charge in [0.25, 0.3) is 0 Å². The second-order valence-corrected chi connectivity index (χ2v) is 6.56. The second kappa shape index (κ2) is 5.68. The van der Waals surface area contributed by atoms with E-state index in [2.05, 4.69) is 30.0 Å². The largest absolute Gasteiger partial charge is 0.481 e. The van der Waals surface area contributed by atoms with Crippen LogP contribution >= 0.6 is 0 Å². The Kier molecular flexibility index (Phi) is 3.89. The molecular formula is C17H23NO3. The van der Waals surface area contributed by atoms with Gasteiger partial charge in [-0.2, -0.15) is 0 Å². The lowest BCUT2D eigenvalue weighted by Gasteiger charge is -2.42. The number of rotatable bonds is 3. The van der Waals surface area contributed by atoms with Gasteiger partial charge in [-0.25, -0.2) is 0 Å². The monoisotopic (exact) mass is 289 g/mol. The summed E-state index contributed by atoms with van der Waals surface area (Å²) in [6.07, 6.45) is 2.61. The molecule has 3 rings (SSSR count). The summed E-state index contributed by atoms with van der Waals surface area (Å²) in [5.74, 6) is -0.173. The van der Waals surface area contributed by atoms with Gasteiger partial charge in [0.2, 0.25) is 0 Å². The number of hydrogen-bond acceptors (Lipinski definition) is 3. The van der Waals surface area contributed by atoms with Crippen LogP contribution in [0, 0.1) is 11.3 Å². The third-order valence-electron chi connectivity index (χ3n) is 4.70. The number of anilines is 1. The molecule has 0 radical (unpaired) electrons. The topological polar surface area (TPSA) is 49.8 Å². The highest BCUT2D eigenvalue weighted by atomic mass is 16.5. The molecule has 2 unspecified atom stereocenters. The average Bonchev–Trinajstić information content (AvgIpc) is 2.48. The minimum Gasteiger partial charge on any atom is -0.481 e. The Balaban J connectivity index is 1.88. The van der Waals surface area contributed by atoms with Crippen molar-refractivity contribution >= 4 is 11.7 Å². The summed E-state index contributed by atoms with van der Waals surface area (Å²) in [6, 6.07) is 8.36. The van der Waals surface area contributed by atoms with Gasteiger partial charge in [-0.3, -0.25) is 4.79 Å². The van der Waals surface area contributed by atoms with E-state index in [1.54, 1.807) is 0 Å². The fourth-order valence-electron chi connectivity index (χ4n) is 3.63. The number of para-hydroxylation sites is 1. The van der Waals surface area contributed by atoms with Crippen molar-refractivity contribution in [3.8, 4) is 0 Å². The van der Waals surface area contributed by atoms with Gasteiger partial charge in [0.15, 0.2) is 0 Å². The number of carbonyl (C=O) groups is 1. The zero-order valence-electron chi connectivity index (χ0n) is 12.5. The van der Waals surface area contributed by atoms with Crippen LogP contribution in [0.2, 0.25) is 0 Å². The number of benzene rings is 1. The van der Waals surface area contributed by atoms with Crippen LogP contribution in [-0.2, 0) is 16.0 Å². The van der Waals surface area contributed by atoms with Gasteiger partial charge in [0.05, 0.1) is 6.61 Å². The van der Waals surface area contributed by atoms with Crippen LogP contribution in [-0.4, -0.2) is 37.4 Å². The van der Waals surface area contributed by atoms with Crippen molar-refractivity contribution in [2.45, 2.75) is 26.2 Å². The Morgan fingerprint density at radius 3 is 3.00 bits per heavy atom. The van der Waals surface area contributed by atoms with E-state index in [-0.39, 0.29) is 0 Å². The van der Waals surface area contributed by atoms with Crippen LogP contribution in [0.4, 0.5) is 5.69 Å². The summed E-state index contributed by atoms with van der Waals surface area (Å²) >= 11 is 0. The van der Waals surface area contributed by atoms with E-state index < -0.39 is 11.4 Å². The quantitative estimate of drug-likeness (QED) is 0.929. The fraction of sp³-hybridized carbons (Fsp3) is 0.588. The van der Waals surface area contributed by atoms with Crippen molar-refractivity contribution in [2.75, 3.05) is 31.2 Å². The van der Waals surface area contributed by atoms with Crippen LogP contribution in [0.5, 0.6) is 0 Å². The van der Waals surface area contributed by atoms with Gasteiger partial charge in [-0.1, -0.05) is 25.1 Å². The minimum atomic E-state index is -0.761. The van der Waals surface area contributed by atoms with Gasteiger partial charge in [0.1, 0.15) is 5.41 Å². The molecule has 2 atom stereocenters. The van der Waals surface area contributed by atoms with Crippen molar-refractivity contribution in [1.29, 1.82) is 0 Å². The van der Waals surface area contributed by atoms with Crippen LogP contribution in [0.3, 0.4) is 0 Å². The summed E-state index contributed by atoms with van der Waals surface area (Å²) < 4.78 is 5.50. The number of ether oxygens (including phenoxy) is 1. The van der Waals surface area contributed by atoms with E-state index in [0.717, 1.165) is 19.4 Å². The summed E-state index contributed by atoms with van der Waals surface area (Å²) in [5.41, 5.74) is 1.76. The first-order valence-corrected chi connectivity index (χ1v) is 7.75. The van der Waals surface area contributed by atoms with E-state index in [4.69, 9.17) is 4.74 Å². The highest BCUT2D eigenvalue weighted by Gasteiger charge is 2.43. The predicted molar refractivity (Wildman–Crippen MR) is 81.6 cm³/mol. The molecule has 1 saturated heterocycles. The summed E-state index contributed by atoms with van der Waals surface area (Å²) in [7, 11) is 0. The molecule has 4 nitrogen and oxygen atoms in total. The number of nitrogens with zero attached hydrogens (tertiary/aromatic N) is 1. The molecule has 2 heterocycles. The highest BCUT2D eigenvalue weighted by molar-refractivity contribution is 5.76. The van der Waals surface area contributed by atoms with E-state index in [0.29, 0.717) is 32.1 Å². The molecule has 0 bridgehead atoms. The van der Waals surface area contributed by atoms with E-state index in [1.807, 2.05) is 6.07 Å². The Bertz CT molecular complexity index is 523. The van der Waals surface area contributed by atoms with Gasteiger partial charge in [-0.15, -0.1) is 0 Å². The number of fused-ring (bicyclic) bond motifs is 1. The molecule has 0 spiro atoms. The molecule has 0 saturated carbocycles. The maximum Gasteiger partial charge on any atom is 0.313 e. The maximum absolute atomic E-state index is 11.8. The molecule has 2 aliphatic rings. The number of aliphatic carboxylic acids is 1. The molecule has 4 heteroatoms. The molecule has 1 N–H and O–H groups in total. The summed E-state index contributed by atoms with van der Waals surface area (Å²) in [5, 5.41) is 9.73. The first kappa shape index (κ1) is 14.4. The molecule has 1 aromatic carbocycles. The van der Waals surface area contributed by atoms with Gasteiger partial charge in [-0.05, 0) is 36.8 Å². The highest BCUT2D eigenvalue weighted by Crippen LogP contribution is 2.36. The lowest BCUT2D eigenvalue weighted by molar-refractivity contribution is -0.156. The first-order valence-electron chi connectivity index (χ1n) is 7.75. The van der Waals surface area contributed by atoms with E-state index in [9.17, 15) is 9.90 Å². The smallest absolute Gasteiger partial charge is 0.313 e. The molecule has 21 heavy (non-hydrogen) atoms. The second-order valence-electron chi connectivity index (χ2n) is 6.56. The SMILES string of the molecule is CC1Cc2ccccc2N(CC2(C(=O)O)CCCOC2)C1. The third-order valence-corrected chi connectivity index (χ3v) is 4.70. The van der Waals surface area contributed by atoms with E-state index in [1.165, 1.54) is 11.3 Å². The lowest BCUT2D eigenvalue weighted by Crippen LogP contribution is -2.50. The number of carboxylic acid groups (broad SMARTS) is 1. The zero-order valence-corrected chi connectivity index (χ0v) is 12.5. The predicted octanol–water partition coefficient (Wildman–Crippen LogP) is 2.57. The molecule has 0 amide bonds.